The van der Waals surface area contributed by atoms with Crippen LogP contribution in [0.1, 0.15) is 18.1 Å². The Morgan fingerprint density at radius 1 is 0.857 bits per heavy atom. The molecule has 0 radical (unpaired) electrons. The van der Waals surface area contributed by atoms with Gasteiger partial charge in [-0.3, -0.25) is 4.79 Å². The van der Waals surface area contributed by atoms with Crippen molar-refractivity contribution in [1.82, 2.24) is 0 Å². The summed E-state index contributed by atoms with van der Waals surface area (Å²) >= 11 is 11.9. The van der Waals surface area contributed by atoms with E-state index in [1.807, 2.05) is 54.6 Å². The first-order chi connectivity index (χ1) is 10.1. The average Bonchev–Trinajstić information content (AvgIpc) is 2.46. The highest BCUT2D eigenvalue weighted by Gasteiger charge is 2.04. The Hall–Kier alpha value is -1.83. The molecule has 3 heteroatoms. The zero-order valence-corrected chi connectivity index (χ0v) is 13.0. The van der Waals surface area contributed by atoms with Crippen LogP contribution in [0.25, 0.3) is 5.57 Å². The van der Waals surface area contributed by atoms with Gasteiger partial charge in [0.25, 0.3) is 0 Å². The standard InChI is InChI=1S/C18H14Cl2O/c1-13(21)3-2-4-18(14-5-9-16(19)10-6-14)15-7-11-17(20)12-8-15/h2-12H,1H3/b3-2+. The van der Waals surface area contributed by atoms with Crippen molar-refractivity contribution in [3.8, 4) is 0 Å². The Balaban J connectivity index is 2.45. The van der Waals surface area contributed by atoms with Crippen LogP contribution in [0.2, 0.25) is 10.0 Å². The molecule has 0 aliphatic carbocycles. The molecule has 0 aliphatic heterocycles. The van der Waals surface area contributed by atoms with Crippen LogP contribution in [0.15, 0.2) is 66.8 Å². The van der Waals surface area contributed by atoms with Crippen molar-refractivity contribution in [2.75, 3.05) is 0 Å². The molecule has 0 saturated heterocycles. The van der Waals surface area contributed by atoms with Crippen molar-refractivity contribution < 1.29 is 4.79 Å². The minimum atomic E-state index is 0.0119. The first-order valence-electron chi connectivity index (χ1n) is 6.47. The van der Waals surface area contributed by atoms with Gasteiger partial charge in [0.05, 0.1) is 0 Å². The van der Waals surface area contributed by atoms with Crippen LogP contribution < -0.4 is 0 Å². The molecule has 106 valence electrons. The molecule has 0 spiro atoms. The molecule has 0 N–H and O–H groups in total. The van der Waals surface area contributed by atoms with E-state index in [1.54, 1.807) is 6.08 Å². The maximum absolute atomic E-state index is 11.0. The highest BCUT2D eigenvalue weighted by atomic mass is 35.5. The first kappa shape index (κ1) is 15.6. The van der Waals surface area contributed by atoms with Crippen LogP contribution in [0, 0.1) is 0 Å². The summed E-state index contributed by atoms with van der Waals surface area (Å²) in [5.41, 5.74) is 3.05. The van der Waals surface area contributed by atoms with E-state index in [0.717, 1.165) is 16.7 Å². The number of rotatable bonds is 4. The van der Waals surface area contributed by atoms with Crippen molar-refractivity contribution in [3.05, 3.63) is 87.9 Å². The zero-order chi connectivity index (χ0) is 15.2. The van der Waals surface area contributed by atoms with E-state index < -0.39 is 0 Å². The minimum Gasteiger partial charge on any atom is -0.295 e. The molecule has 2 aromatic rings. The number of halogens is 2. The molecule has 1 nitrogen and oxygen atoms in total. The number of hydrogen-bond donors (Lipinski definition) is 0. The van der Waals surface area contributed by atoms with Gasteiger partial charge in [-0.2, -0.15) is 0 Å². The molecule has 0 atom stereocenters. The van der Waals surface area contributed by atoms with Crippen molar-refractivity contribution in [1.29, 1.82) is 0 Å². The lowest BCUT2D eigenvalue weighted by Crippen LogP contribution is -1.88. The third kappa shape index (κ3) is 4.59. The van der Waals surface area contributed by atoms with Gasteiger partial charge in [0.2, 0.25) is 0 Å². The highest BCUT2D eigenvalue weighted by molar-refractivity contribution is 6.31. The fourth-order valence-corrected chi connectivity index (χ4v) is 2.15. The molecule has 0 heterocycles. The summed E-state index contributed by atoms with van der Waals surface area (Å²) in [6, 6.07) is 15.2. The van der Waals surface area contributed by atoms with E-state index in [9.17, 15) is 4.79 Å². The number of hydrogen-bond acceptors (Lipinski definition) is 1. The summed E-state index contributed by atoms with van der Waals surface area (Å²) in [6.45, 7) is 1.52. The van der Waals surface area contributed by atoms with Gasteiger partial charge in [0.15, 0.2) is 5.78 Å². The Morgan fingerprint density at radius 3 is 1.67 bits per heavy atom. The SMILES string of the molecule is CC(=O)/C=C/C=C(c1ccc(Cl)cc1)c1ccc(Cl)cc1. The monoisotopic (exact) mass is 316 g/mol. The van der Waals surface area contributed by atoms with E-state index in [4.69, 9.17) is 23.2 Å². The van der Waals surface area contributed by atoms with Gasteiger partial charge in [0, 0.05) is 10.0 Å². The molecule has 0 aliphatic rings. The van der Waals surface area contributed by atoms with Gasteiger partial charge in [-0.1, -0.05) is 59.6 Å². The van der Waals surface area contributed by atoms with E-state index in [0.29, 0.717) is 10.0 Å². The minimum absolute atomic E-state index is 0.0119. The van der Waals surface area contributed by atoms with Crippen LogP contribution in [0.3, 0.4) is 0 Å². The molecular formula is C18H14Cl2O. The zero-order valence-electron chi connectivity index (χ0n) is 11.5. The lowest BCUT2D eigenvalue weighted by atomic mass is 9.97. The second kappa shape index (κ2) is 7.26. The molecule has 0 amide bonds. The summed E-state index contributed by atoms with van der Waals surface area (Å²) in [5, 5.41) is 1.38. The maximum atomic E-state index is 11.0. The predicted octanol–water partition coefficient (Wildman–Crippen LogP) is 5.57. The molecule has 0 fully saturated rings. The smallest absolute Gasteiger partial charge is 0.152 e. The molecule has 0 saturated carbocycles. The highest BCUT2D eigenvalue weighted by Crippen LogP contribution is 2.26. The van der Waals surface area contributed by atoms with Gasteiger partial charge in [0.1, 0.15) is 0 Å². The second-order valence-corrected chi connectivity index (χ2v) is 5.44. The molecule has 21 heavy (non-hydrogen) atoms. The van der Waals surface area contributed by atoms with E-state index in [-0.39, 0.29) is 5.78 Å². The van der Waals surface area contributed by atoms with E-state index in [2.05, 4.69) is 0 Å². The van der Waals surface area contributed by atoms with Gasteiger partial charge >= 0.3 is 0 Å². The van der Waals surface area contributed by atoms with Crippen LogP contribution in [-0.4, -0.2) is 5.78 Å². The number of carbonyl (C=O) groups is 1. The quantitative estimate of drug-likeness (QED) is 0.532. The Bertz CT molecular complexity index is 633. The Labute approximate surface area is 134 Å². The number of ketones is 1. The molecule has 0 bridgehead atoms. The Morgan fingerprint density at radius 2 is 1.29 bits per heavy atom. The summed E-state index contributed by atoms with van der Waals surface area (Å²) in [4.78, 5) is 11.0. The van der Waals surface area contributed by atoms with E-state index in [1.165, 1.54) is 13.0 Å². The number of allylic oxidation sites excluding steroid dienone is 3. The topological polar surface area (TPSA) is 17.1 Å². The third-order valence-corrected chi connectivity index (χ3v) is 3.41. The first-order valence-corrected chi connectivity index (χ1v) is 7.22. The fraction of sp³-hybridized carbons (Fsp3) is 0.0556. The molecule has 0 unspecified atom stereocenters. The number of carbonyl (C=O) groups excluding carboxylic acids is 1. The average molecular weight is 317 g/mol. The van der Waals surface area contributed by atoms with Crippen molar-refractivity contribution in [2.24, 2.45) is 0 Å². The molecule has 2 rings (SSSR count). The van der Waals surface area contributed by atoms with Gasteiger partial charge in [-0.05, 0) is 54.0 Å². The largest absolute Gasteiger partial charge is 0.295 e. The molecule has 2 aromatic carbocycles. The summed E-state index contributed by atoms with van der Waals surface area (Å²) < 4.78 is 0. The maximum Gasteiger partial charge on any atom is 0.152 e. The van der Waals surface area contributed by atoms with E-state index >= 15 is 0 Å². The van der Waals surface area contributed by atoms with Crippen molar-refractivity contribution in [3.63, 3.8) is 0 Å². The predicted molar refractivity (Wildman–Crippen MR) is 89.8 cm³/mol. The molecule has 0 aromatic heterocycles. The van der Waals surface area contributed by atoms with Gasteiger partial charge in [-0.15, -0.1) is 0 Å². The summed E-state index contributed by atoms with van der Waals surface area (Å²) in [5.74, 6) is 0.0119. The van der Waals surface area contributed by atoms with Crippen molar-refractivity contribution >= 4 is 34.6 Å². The van der Waals surface area contributed by atoms with Gasteiger partial charge in [-0.25, -0.2) is 0 Å². The lowest BCUT2D eigenvalue weighted by Gasteiger charge is -2.08. The molecular weight excluding hydrogens is 303 g/mol. The van der Waals surface area contributed by atoms with Crippen LogP contribution >= 0.6 is 23.2 Å². The van der Waals surface area contributed by atoms with Crippen molar-refractivity contribution in [2.45, 2.75) is 6.92 Å². The summed E-state index contributed by atoms with van der Waals surface area (Å²) in [7, 11) is 0. The van der Waals surface area contributed by atoms with Crippen LogP contribution in [-0.2, 0) is 4.79 Å². The fourth-order valence-electron chi connectivity index (χ4n) is 1.90. The normalized spacial score (nSPS) is 10.6. The lowest BCUT2D eigenvalue weighted by molar-refractivity contribution is -0.112. The van der Waals surface area contributed by atoms with Crippen LogP contribution in [0.5, 0.6) is 0 Å². The van der Waals surface area contributed by atoms with Crippen LogP contribution in [0.4, 0.5) is 0 Å². The number of benzene rings is 2. The van der Waals surface area contributed by atoms with Gasteiger partial charge < -0.3 is 0 Å². The Kier molecular flexibility index (Phi) is 5.38. The summed E-state index contributed by atoms with van der Waals surface area (Å²) in [6.07, 6.45) is 5.20. The third-order valence-electron chi connectivity index (χ3n) is 2.90. The second-order valence-electron chi connectivity index (χ2n) is 4.56.